The van der Waals surface area contributed by atoms with Crippen molar-refractivity contribution in [3.63, 3.8) is 0 Å². The molecule has 3 aromatic carbocycles. The molecule has 5 heteroatoms. The van der Waals surface area contributed by atoms with Crippen molar-refractivity contribution in [2.45, 2.75) is 20.0 Å². The summed E-state index contributed by atoms with van der Waals surface area (Å²) in [6.45, 7) is 2.91. The van der Waals surface area contributed by atoms with Crippen LogP contribution in [0.2, 0.25) is 0 Å². The second kappa shape index (κ2) is 11.4. The van der Waals surface area contributed by atoms with Crippen molar-refractivity contribution in [2.24, 2.45) is 0 Å². The van der Waals surface area contributed by atoms with E-state index in [-0.39, 0.29) is 5.57 Å². The number of methoxy groups -OCH3 is 1. The smallest absolute Gasteiger partial charge is 0.261 e. The number of nitrogens with zero attached hydrogens (tertiary/aromatic N) is 1. The van der Waals surface area contributed by atoms with Crippen molar-refractivity contribution >= 4 is 12.0 Å². The van der Waals surface area contributed by atoms with Crippen molar-refractivity contribution in [2.75, 3.05) is 13.7 Å². The molecule has 0 atom stereocenters. The summed E-state index contributed by atoms with van der Waals surface area (Å²) in [5.41, 5.74) is 4.08. The Morgan fingerprint density at radius 2 is 1.78 bits per heavy atom. The molecule has 5 nitrogen and oxygen atoms in total. The normalized spacial score (nSPS) is 10.8. The topological polar surface area (TPSA) is 71.3 Å². The molecular weight excluding hydrogens is 400 g/mol. The number of ether oxygens (including phenoxy) is 2. The summed E-state index contributed by atoms with van der Waals surface area (Å²) in [6, 6.07) is 25.3. The molecule has 0 aliphatic heterocycles. The molecule has 0 saturated heterocycles. The van der Waals surface area contributed by atoms with Crippen molar-refractivity contribution in [3.8, 4) is 17.6 Å². The highest BCUT2D eigenvalue weighted by molar-refractivity contribution is 6.01. The number of amides is 1. The maximum atomic E-state index is 12.4. The van der Waals surface area contributed by atoms with Gasteiger partial charge in [0.2, 0.25) is 0 Å². The molecule has 1 amide bonds. The van der Waals surface area contributed by atoms with E-state index in [1.165, 1.54) is 5.56 Å². The van der Waals surface area contributed by atoms with Crippen LogP contribution in [-0.2, 0) is 17.8 Å². The van der Waals surface area contributed by atoms with Gasteiger partial charge in [0.15, 0.2) is 11.5 Å². The lowest BCUT2D eigenvalue weighted by Gasteiger charge is -2.12. The van der Waals surface area contributed by atoms with E-state index in [0.717, 1.165) is 11.1 Å². The molecule has 162 valence electrons. The first-order valence-corrected chi connectivity index (χ1v) is 10.4. The number of benzene rings is 3. The molecule has 0 aromatic heterocycles. The fourth-order valence-corrected chi connectivity index (χ4v) is 3.23. The first-order valence-electron chi connectivity index (χ1n) is 10.4. The lowest BCUT2D eigenvalue weighted by Crippen LogP contribution is -2.26. The van der Waals surface area contributed by atoms with Gasteiger partial charge in [0, 0.05) is 6.54 Å². The van der Waals surface area contributed by atoms with Crippen LogP contribution in [0.3, 0.4) is 0 Å². The van der Waals surface area contributed by atoms with Gasteiger partial charge in [0.25, 0.3) is 5.91 Å². The average Bonchev–Trinajstić information content (AvgIpc) is 2.82. The quantitative estimate of drug-likeness (QED) is 0.392. The number of nitrogens with one attached hydrogen (secondary N) is 1. The Bertz CT molecular complexity index is 1130. The van der Waals surface area contributed by atoms with E-state index >= 15 is 0 Å². The highest BCUT2D eigenvalue weighted by atomic mass is 16.5. The van der Waals surface area contributed by atoms with E-state index in [2.05, 4.69) is 11.4 Å². The Morgan fingerprint density at radius 1 is 1.00 bits per heavy atom. The van der Waals surface area contributed by atoms with Crippen molar-refractivity contribution in [1.29, 1.82) is 5.26 Å². The maximum absolute atomic E-state index is 12.4. The highest BCUT2D eigenvalue weighted by Gasteiger charge is 2.11. The van der Waals surface area contributed by atoms with Crippen molar-refractivity contribution in [3.05, 3.63) is 101 Å². The van der Waals surface area contributed by atoms with E-state index in [1.807, 2.05) is 61.5 Å². The molecule has 0 radical (unpaired) electrons. The van der Waals surface area contributed by atoms with Crippen molar-refractivity contribution < 1.29 is 14.3 Å². The van der Waals surface area contributed by atoms with Gasteiger partial charge in [0.05, 0.1) is 7.11 Å². The molecule has 3 rings (SSSR count). The Morgan fingerprint density at radius 3 is 2.50 bits per heavy atom. The molecular formula is C27H26N2O3. The molecule has 32 heavy (non-hydrogen) atoms. The number of hydrogen-bond donors (Lipinski definition) is 1. The first kappa shape index (κ1) is 22.6. The summed E-state index contributed by atoms with van der Waals surface area (Å²) in [7, 11) is 1.56. The number of rotatable bonds is 9. The Labute approximate surface area is 188 Å². The van der Waals surface area contributed by atoms with Gasteiger partial charge in [-0.3, -0.25) is 4.79 Å². The SMILES string of the molecule is COc1cc(/C=C(\C#N)C(=O)NCCc2ccccc2)ccc1OCc1cccc(C)c1. The molecule has 0 aliphatic rings. The van der Waals surface area contributed by atoms with Crippen LogP contribution in [-0.4, -0.2) is 19.6 Å². The standard InChI is InChI=1S/C27H26N2O3/c1-20-7-6-10-23(15-20)19-32-25-12-11-22(17-26(25)31-2)16-24(18-28)27(30)29-14-13-21-8-4-3-5-9-21/h3-12,15-17H,13-14,19H2,1-2H3,(H,29,30)/b24-16+. The maximum Gasteiger partial charge on any atom is 0.261 e. The third-order valence-corrected chi connectivity index (χ3v) is 4.88. The Hall–Kier alpha value is -4.04. The lowest BCUT2D eigenvalue weighted by molar-refractivity contribution is -0.117. The van der Waals surface area contributed by atoms with Crippen LogP contribution in [0.4, 0.5) is 0 Å². The van der Waals surface area contributed by atoms with E-state index < -0.39 is 5.91 Å². The van der Waals surface area contributed by atoms with Crippen LogP contribution in [0, 0.1) is 18.3 Å². The monoisotopic (exact) mass is 426 g/mol. The zero-order chi connectivity index (χ0) is 22.8. The molecule has 0 spiro atoms. The van der Waals surface area contributed by atoms with Crippen LogP contribution >= 0.6 is 0 Å². The minimum absolute atomic E-state index is 0.0357. The minimum atomic E-state index is -0.401. The van der Waals surface area contributed by atoms with Crippen LogP contribution in [0.25, 0.3) is 6.08 Å². The minimum Gasteiger partial charge on any atom is -0.493 e. The molecule has 3 aromatic rings. The van der Waals surface area contributed by atoms with Gasteiger partial charge in [-0.05, 0) is 48.2 Å². The average molecular weight is 427 g/mol. The Balaban J connectivity index is 1.64. The Kier molecular flexibility index (Phi) is 8.05. The summed E-state index contributed by atoms with van der Waals surface area (Å²) in [5, 5.41) is 12.3. The fourth-order valence-electron chi connectivity index (χ4n) is 3.23. The predicted molar refractivity (Wildman–Crippen MR) is 125 cm³/mol. The summed E-state index contributed by atoms with van der Waals surface area (Å²) in [6.07, 6.45) is 2.25. The van der Waals surface area contributed by atoms with Crippen LogP contribution in [0.1, 0.15) is 22.3 Å². The second-order valence-electron chi connectivity index (χ2n) is 7.35. The summed E-state index contributed by atoms with van der Waals surface area (Å²) < 4.78 is 11.4. The van der Waals surface area contributed by atoms with Gasteiger partial charge < -0.3 is 14.8 Å². The van der Waals surface area contributed by atoms with E-state index in [4.69, 9.17) is 9.47 Å². The van der Waals surface area contributed by atoms with Crippen molar-refractivity contribution in [1.82, 2.24) is 5.32 Å². The van der Waals surface area contributed by atoms with E-state index in [1.54, 1.807) is 31.4 Å². The number of carbonyl (C=O) groups excluding carboxylic acids is 1. The van der Waals surface area contributed by atoms with Gasteiger partial charge in [0.1, 0.15) is 18.2 Å². The van der Waals surface area contributed by atoms with Gasteiger partial charge in [-0.25, -0.2) is 0 Å². The zero-order valence-electron chi connectivity index (χ0n) is 18.3. The fraction of sp³-hybridized carbons (Fsp3) is 0.185. The van der Waals surface area contributed by atoms with Crippen LogP contribution < -0.4 is 14.8 Å². The third-order valence-electron chi connectivity index (χ3n) is 4.88. The number of carbonyl (C=O) groups is 1. The number of hydrogen-bond acceptors (Lipinski definition) is 4. The number of aryl methyl sites for hydroxylation is 1. The largest absolute Gasteiger partial charge is 0.493 e. The predicted octanol–water partition coefficient (Wildman–Crippen LogP) is 4.85. The summed E-state index contributed by atoms with van der Waals surface area (Å²) in [5.74, 6) is 0.729. The highest BCUT2D eigenvalue weighted by Crippen LogP contribution is 2.29. The van der Waals surface area contributed by atoms with Crippen LogP contribution in [0.5, 0.6) is 11.5 Å². The molecule has 0 aliphatic carbocycles. The molecule has 0 bridgehead atoms. The van der Waals surface area contributed by atoms with E-state index in [9.17, 15) is 10.1 Å². The molecule has 0 fully saturated rings. The summed E-state index contributed by atoms with van der Waals surface area (Å²) >= 11 is 0. The first-order chi connectivity index (χ1) is 15.6. The third kappa shape index (κ3) is 6.48. The second-order valence-corrected chi connectivity index (χ2v) is 7.35. The molecule has 0 heterocycles. The van der Waals surface area contributed by atoms with Crippen LogP contribution in [0.15, 0.2) is 78.4 Å². The van der Waals surface area contributed by atoms with Gasteiger partial charge in [-0.2, -0.15) is 5.26 Å². The molecule has 0 saturated carbocycles. The van der Waals surface area contributed by atoms with Gasteiger partial charge in [-0.1, -0.05) is 66.2 Å². The zero-order valence-corrected chi connectivity index (χ0v) is 18.3. The van der Waals surface area contributed by atoms with Gasteiger partial charge >= 0.3 is 0 Å². The van der Waals surface area contributed by atoms with Gasteiger partial charge in [-0.15, -0.1) is 0 Å². The summed E-state index contributed by atoms with van der Waals surface area (Å²) in [4.78, 5) is 12.4. The lowest BCUT2D eigenvalue weighted by atomic mass is 10.1. The van der Waals surface area contributed by atoms with E-state index in [0.29, 0.717) is 36.6 Å². The molecule has 0 unspecified atom stereocenters. The molecule has 1 N–H and O–H groups in total. The number of nitriles is 1.